The van der Waals surface area contributed by atoms with Crippen LogP contribution in [0.15, 0.2) is 48.5 Å². The van der Waals surface area contributed by atoms with Gasteiger partial charge in [-0.3, -0.25) is 14.9 Å². The maximum absolute atomic E-state index is 12.5. The summed E-state index contributed by atoms with van der Waals surface area (Å²) in [6, 6.07) is 15.1. The van der Waals surface area contributed by atoms with E-state index < -0.39 is 0 Å². The minimum atomic E-state index is -0.358. The summed E-state index contributed by atoms with van der Waals surface area (Å²) in [5.41, 5.74) is 1.83. The maximum Gasteiger partial charge on any atom is 0.250 e. The lowest BCUT2D eigenvalue weighted by molar-refractivity contribution is -0.167. The smallest absolute Gasteiger partial charge is 0.250 e. The van der Waals surface area contributed by atoms with Crippen LogP contribution in [0.5, 0.6) is 0 Å². The molecule has 1 amide bonds. The predicted molar refractivity (Wildman–Crippen MR) is 104 cm³/mol. The van der Waals surface area contributed by atoms with Crippen LogP contribution in [-0.4, -0.2) is 40.7 Å². The number of likely N-dealkylation sites (tertiary alicyclic amines) is 1. The van der Waals surface area contributed by atoms with E-state index in [-0.39, 0.29) is 24.9 Å². The average molecular weight is 393 g/mol. The zero-order valence-electron chi connectivity index (χ0n) is 14.4. The van der Waals surface area contributed by atoms with Crippen molar-refractivity contribution < 1.29 is 10.0 Å². The van der Waals surface area contributed by atoms with Gasteiger partial charge in [-0.05, 0) is 49.2 Å². The Balaban J connectivity index is 1.69. The molecule has 0 bridgehead atoms. The number of rotatable bonds is 6. The first kappa shape index (κ1) is 19.2. The Morgan fingerprint density at radius 2 is 1.77 bits per heavy atom. The highest BCUT2D eigenvalue weighted by Gasteiger charge is 2.27. The molecule has 0 radical (unpaired) electrons. The van der Waals surface area contributed by atoms with Gasteiger partial charge >= 0.3 is 0 Å². The SMILES string of the molecule is O=C(Cc1ccc(Cl)c(Cl)c1)N(O)CC(c1ccccc1)N1CCCC1. The third-order valence-electron chi connectivity index (χ3n) is 4.74. The van der Waals surface area contributed by atoms with E-state index in [2.05, 4.69) is 4.90 Å². The van der Waals surface area contributed by atoms with Crippen molar-refractivity contribution in [1.82, 2.24) is 9.96 Å². The van der Waals surface area contributed by atoms with Crippen LogP contribution in [0.4, 0.5) is 0 Å². The van der Waals surface area contributed by atoms with Gasteiger partial charge in [-0.15, -0.1) is 0 Å². The third kappa shape index (κ3) is 4.77. The largest absolute Gasteiger partial charge is 0.294 e. The summed E-state index contributed by atoms with van der Waals surface area (Å²) in [5.74, 6) is -0.358. The Morgan fingerprint density at radius 1 is 1.08 bits per heavy atom. The second kappa shape index (κ2) is 8.87. The van der Waals surface area contributed by atoms with Crippen molar-refractivity contribution >= 4 is 29.1 Å². The van der Waals surface area contributed by atoms with E-state index in [1.54, 1.807) is 18.2 Å². The first-order chi connectivity index (χ1) is 12.5. The molecule has 6 heteroatoms. The van der Waals surface area contributed by atoms with Crippen molar-refractivity contribution in [2.45, 2.75) is 25.3 Å². The quantitative estimate of drug-likeness (QED) is 0.577. The number of carbonyl (C=O) groups is 1. The van der Waals surface area contributed by atoms with E-state index in [0.717, 1.165) is 42.1 Å². The summed E-state index contributed by atoms with van der Waals surface area (Å²) in [6.07, 6.45) is 2.37. The predicted octanol–water partition coefficient (Wildman–Crippen LogP) is 4.59. The van der Waals surface area contributed by atoms with Gasteiger partial charge in [0.2, 0.25) is 5.91 Å². The molecule has 0 saturated carbocycles. The van der Waals surface area contributed by atoms with E-state index in [1.807, 2.05) is 30.3 Å². The highest BCUT2D eigenvalue weighted by atomic mass is 35.5. The van der Waals surface area contributed by atoms with Gasteiger partial charge in [0, 0.05) is 0 Å². The molecule has 0 spiro atoms. The molecular weight excluding hydrogens is 371 g/mol. The molecule has 1 N–H and O–H groups in total. The summed E-state index contributed by atoms with van der Waals surface area (Å²) in [7, 11) is 0. The Kier molecular flexibility index (Phi) is 6.54. The van der Waals surface area contributed by atoms with Gasteiger partial charge in [0.15, 0.2) is 0 Å². The van der Waals surface area contributed by atoms with Crippen LogP contribution >= 0.6 is 23.2 Å². The van der Waals surface area contributed by atoms with E-state index in [1.165, 1.54) is 0 Å². The monoisotopic (exact) mass is 392 g/mol. The highest BCUT2D eigenvalue weighted by Crippen LogP contribution is 2.26. The van der Waals surface area contributed by atoms with Crippen LogP contribution in [0.1, 0.15) is 30.0 Å². The van der Waals surface area contributed by atoms with Crippen LogP contribution in [0.3, 0.4) is 0 Å². The average Bonchev–Trinajstić information content (AvgIpc) is 3.17. The lowest BCUT2D eigenvalue weighted by Crippen LogP contribution is -2.39. The van der Waals surface area contributed by atoms with Gasteiger partial charge in [-0.2, -0.15) is 0 Å². The minimum absolute atomic E-state index is 0.0125. The molecule has 3 rings (SSSR count). The number of benzene rings is 2. The summed E-state index contributed by atoms with van der Waals surface area (Å²) in [5, 5.41) is 12.1. The van der Waals surface area contributed by atoms with Gasteiger partial charge in [-0.1, -0.05) is 59.6 Å². The molecule has 26 heavy (non-hydrogen) atoms. The number of hydrogen-bond donors (Lipinski definition) is 1. The third-order valence-corrected chi connectivity index (χ3v) is 5.48. The highest BCUT2D eigenvalue weighted by molar-refractivity contribution is 6.42. The number of halogens is 2. The summed E-state index contributed by atoms with van der Waals surface area (Å²) in [6.45, 7) is 2.20. The summed E-state index contributed by atoms with van der Waals surface area (Å²) >= 11 is 11.9. The van der Waals surface area contributed by atoms with Gasteiger partial charge in [0.25, 0.3) is 0 Å². The molecule has 1 fully saturated rings. The van der Waals surface area contributed by atoms with Crippen molar-refractivity contribution in [2.24, 2.45) is 0 Å². The molecule has 1 atom stereocenters. The molecule has 4 nitrogen and oxygen atoms in total. The molecule has 1 unspecified atom stereocenters. The van der Waals surface area contributed by atoms with Gasteiger partial charge in [-0.25, -0.2) is 5.06 Å². The molecule has 1 aliphatic heterocycles. The fraction of sp³-hybridized carbons (Fsp3) is 0.350. The zero-order valence-corrected chi connectivity index (χ0v) is 16.0. The van der Waals surface area contributed by atoms with Crippen LogP contribution in [0.25, 0.3) is 0 Å². The van der Waals surface area contributed by atoms with Crippen molar-refractivity contribution in [3.8, 4) is 0 Å². The van der Waals surface area contributed by atoms with Crippen LogP contribution in [0.2, 0.25) is 10.0 Å². The van der Waals surface area contributed by atoms with Crippen molar-refractivity contribution in [3.05, 3.63) is 69.7 Å². The molecule has 0 aromatic heterocycles. The normalized spacial score (nSPS) is 15.8. The molecule has 2 aromatic carbocycles. The Hall–Kier alpha value is -1.59. The van der Waals surface area contributed by atoms with E-state index >= 15 is 0 Å². The lowest BCUT2D eigenvalue weighted by Gasteiger charge is -2.30. The maximum atomic E-state index is 12.5. The van der Waals surface area contributed by atoms with Crippen molar-refractivity contribution in [3.63, 3.8) is 0 Å². The van der Waals surface area contributed by atoms with Crippen molar-refractivity contribution in [2.75, 3.05) is 19.6 Å². The molecule has 2 aromatic rings. The number of carbonyl (C=O) groups excluding carboxylic acids is 1. The second-order valence-corrected chi connectivity index (χ2v) is 7.39. The first-order valence-corrected chi connectivity index (χ1v) is 9.52. The number of hydrogen-bond acceptors (Lipinski definition) is 3. The second-order valence-electron chi connectivity index (χ2n) is 6.57. The fourth-order valence-electron chi connectivity index (χ4n) is 3.34. The Bertz CT molecular complexity index is 749. The fourth-order valence-corrected chi connectivity index (χ4v) is 3.66. The lowest BCUT2D eigenvalue weighted by atomic mass is 10.1. The number of hydroxylamine groups is 2. The molecule has 1 saturated heterocycles. The minimum Gasteiger partial charge on any atom is -0.294 e. The van der Waals surface area contributed by atoms with E-state index in [0.29, 0.717) is 10.0 Å². The molecular formula is C20H22Cl2N2O2. The van der Waals surface area contributed by atoms with Crippen LogP contribution in [0, 0.1) is 0 Å². The number of amides is 1. The molecule has 1 aliphatic rings. The first-order valence-electron chi connectivity index (χ1n) is 8.77. The summed E-state index contributed by atoms with van der Waals surface area (Å²) in [4.78, 5) is 14.8. The van der Waals surface area contributed by atoms with E-state index in [9.17, 15) is 10.0 Å². The van der Waals surface area contributed by atoms with Crippen LogP contribution in [-0.2, 0) is 11.2 Å². The molecule has 0 aliphatic carbocycles. The summed E-state index contributed by atoms with van der Waals surface area (Å²) < 4.78 is 0. The van der Waals surface area contributed by atoms with Crippen molar-refractivity contribution in [1.29, 1.82) is 0 Å². The Morgan fingerprint density at radius 3 is 2.42 bits per heavy atom. The Labute approximate surface area is 163 Å². The van der Waals surface area contributed by atoms with Gasteiger partial charge < -0.3 is 0 Å². The van der Waals surface area contributed by atoms with Gasteiger partial charge in [0.05, 0.1) is 29.1 Å². The topological polar surface area (TPSA) is 43.8 Å². The number of nitrogens with zero attached hydrogens (tertiary/aromatic N) is 2. The molecule has 1 heterocycles. The zero-order chi connectivity index (χ0) is 18.5. The van der Waals surface area contributed by atoms with Crippen LogP contribution < -0.4 is 0 Å². The molecule has 138 valence electrons. The standard InChI is InChI=1S/C20H22Cl2N2O2/c21-17-9-8-15(12-18(17)22)13-20(25)24(26)14-19(23-10-4-5-11-23)16-6-2-1-3-7-16/h1-3,6-9,12,19,26H,4-5,10-11,13-14H2. The van der Waals surface area contributed by atoms with Gasteiger partial charge in [0.1, 0.15) is 0 Å². The van der Waals surface area contributed by atoms with E-state index in [4.69, 9.17) is 23.2 Å².